The van der Waals surface area contributed by atoms with Gasteiger partial charge in [-0.3, -0.25) is 4.79 Å². The lowest BCUT2D eigenvalue weighted by Crippen LogP contribution is -2.42. The first-order valence-electron chi connectivity index (χ1n) is 9.40. The molecule has 0 aliphatic carbocycles. The Labute approximate surface area is 167 Å². The zero-order valence-electron chi connectivity index (χ0n) is 15.9. The van der Waals surface area contributed by atoms with Crippen LogP contribution in [0.5, 0.6) is 5.75 Å². The fourth-order valence-electron chi connectivity index (χ4n) is 3.78. The SMILES string of the molecule is COC(=O)C1CC(Oc2ccccc2F)CN1C(=O)Cc1c[nH]c2ccccc12. The molecule has 2 heterocycles. The summed E-state index contributed by atoms with van der Waals surface area (Å²) in [6, 6.07) is 13.0. The lowest BCUT2D eigenvalue weighted by atomic mass is 10.1. The summed E-state index contributed by atoms with van der Waals surface area (Å²) < 4.78 is 24.5. The van der Waals surface area contributed by atoms with Crippen LogP contribution in [0, 0.1) is 5.82 Å². The second-order valence-electron chi connectivity index (χ2n) is 7.03. The van der Waals surface area contributed by atoms with Crippen LogP contribution in [-0.4, -0.2) is 47.6 Å². The summed E-state index contributed by atoms with van der Waals surface area (Å²) in [4.78, 5) is 29.9. The number of fused-ring (bicyclic) bond motifs is 1. The Balaban J connectivity index is 1.52. The maximum absolute atomic E-state index is 13.9. The molecule has 1 amide bonds. The Morgan fingerprint density at radius 2 is 1.93 bits per heavy atom. The van der Waals surface area contributed by atoms with Gasteiger partial charge in [-0.2, -0.15) is 0 Å². The second-order valence-corrected chi connectivity index (χ2v) is 7.03. The van der Waals surface area contributed by atoms with Gasteiger partial charge in [0, 0.05) is 23.5 Å². The van der Waals surface area contributed by atoms with Gasteiger partial charge in [0.15, 0.2) is 11.6 Å². The van der Waals surface area contributed by atoms with Crippen molar-refractivity contribution in [2.45, 2.75) is 25.0 Å². The summed E-state index contributed by atoms with van der Waals surface area (Å²) in [5.41, 5.74) is 1.80. The highest BCUT2D eigenvalue weighted by Gasteiger charge is 2.41. The topological polar surface area (TPSA) is 71.6 Å². The number of aromatic amines is 1. The first-order valence-corrected chi connectivity index (χ1v) is 9.40. The Hall–Kier alpha value is -3.35. The Bertz CT molecular complexity index is 1050. The number of esters is 1. The minimum Gasteiger partial charge on any atom is -0.485 e. The Kier molecular flexibility index (Phi) is 5.20. The van der Waals surface area contributed by atoms with Crippen LogP contribution in [0.25, 0.3) is 10.9 Å². The van der Waals surface area contributed by atoms with E-state index in [1.807, 2.05) is 24.3 Å². The van der Waals surface area contributed by atoms with Crippen molar-refractivity contribution in [1.82, 2.24) is 9.88 Å². The number of likely N-dealkylation sites (tertiary alicyclic amines) is 1. The molecule has 150 valence electrons. The summed E-state index contributed by atoms with van der Waals surface area (Å²) in [6.07, 6.45) is 1.70. The molecule has 7 heteroatoms. The minimum atomic E-state index is -0.755. The van der Waals surface area contributed by atoms with E-state index in [0.29, 0.717) is 0 Å². The molecular weight excluding hydrogens is 375 g/mol. The van der Waals surface area contributed by atoms with Crippen molar-refractivity contribution in [2.75, 3.05) is 13.7 Å². The molecule has 2 atom stereocenters. The van der Waals surface area contributed by atoms with Crippen molar-refractivity contribution in [2.24, 2.45) is 0 Å². The molecule has 29 heavy (non-hydrogen) atoms. The van der Waals surface area contributed by atoms with Crippen LogP contribution in [0.1, 0.15) is 12.0 Å². The quantitative estimate of drug-likeness (QED) is 0.673. The molecule has 1 fully saturated rings. The normalized spacial score (nSPS) is 18.8. The maximum atomic E-state index is 13.9. The van der Waals surface area contributed by atoms with Crippen LogP contribution in [0.3, 0.4) is 0 Å². The third-order valence-corrected chi connectivity index (χ3v) is 5.20. The summed E-state index contributed by atoms with van der Waals surface area (Å²) in [6.45, 7) is 0.190. The lowest BCUT2D eigenvalue weighted by molar-refractivity contribution is -0.150. The molecule has 4 rings (SSSR count). The molecule has 0 bridgehead atoms. The van der Waals surface area contributed by atoms with Crippen molar-refractivity contribution in [1.29, 1.82) is 0 Å². The number of H-pyrrole nitrogens is 1. The minimum absolute atomic E-state index is 0.104. The third-order valence-electron chi connectivity index (χ3n) is 5.20. The van der Waals surface area contributed by atoms with E-state index in [4.69, 9.17) is 9.47 Å². The maximum Gasteiger partial charge on any atom is 0.328 e. The van der Waals surface area contributed by atoms with Crippen molar-refractivity contribution in [3.8, 4) is 5.75 Å². The van der Waals surface area contributed by atoms with Crippen LogP contribution in [0.2, 0.25) is 0 Å². The van der Waals surface area contributed by atoms with Gasteiger partial charge < -0.3 is 19.4 Å². The molecule has 1 N–H and O–H groups in total. The lowest BCUT2D eigenvalue weighted by Gasteiger charge is -2.22. The number of nitrogens with one attached hydrogen (secondary N) is 1. The highest BCUT2D eigenvalue weighted by Crippen LogP contribution is 2.27. The number of halogens is 1. The van der Waals surface area contributed by atoms with E-state index < -0.39 is 23.9 Å². The fraction of sp³-hybridized carbons (Fsp3) is 0.273. The molecule has 0 radical (unpaired) electrons. The number of rotatable bonds is 5. The number of amides is 1. The number of nitrogens with zero attached hydrogens (tertiary/aromatic N) is 1. The van der Waals surface area contributed by atoms with Crippen molar-refractivity contribution >= 4 is 22.8 Å². The van der Waals surface area contributed by atoms with E-state index in [1.165, 1.54) is 24.1 Å². The molecule has 0 spiro atoms. The van der Waals surface area contributed by atoms with Crippen LogP contribution < -0.4 is 4.74 Å². The van der Waals surface area contributed by atoms with Gasteiger partial charge in [0.1, 0.15) is 12.1 Å². The molecule has 1 aliphatic rings. The van der Waals surface area contributed by atoms with Gasteiger partial charge in [0.25, 0.3) is 0 Å². The van der Waals surface area contributed by atoms with Gasteiger partial charge in [-0.1, -0.05) is 30.3 Å². The van der Waals surface area contributed by atoms with Gasteiger partial charge in [-0.15, -0.1) is 0 Å². The Morgan fingerprint density at radius 3 is 2.72 bits per heavy atom. The monoisotopic (exact) mass is 396 g/mol. The molecule has 1 aromatic heterocycles. The number of para-hydroxylation sites is 2. The number of hydrogen-bond acceptors (Lipinski definition) is 4. The first kappa shape index (κ1) is 19.0. The van der Waals surface area contributed by atoms with E-state index in [2.05, 4.69) is 4.98 Å². The second kappa shape index (κ2) is 7.95. The smallest absolute Gasteiger partial charge is 0.328 e. The molecule has 1 aliphatic heterocycles. The molecule has 2 unspecified atom stereocenters. The largest absolute Gasteiger partial charge is 0.485 e. The first-order chi connectivity index (χ1) is 14.1. The number of methoxy groups -OCH3 is 1. The van der Waals surface area contributed by atoms with Crippen LogP contribution in [0.4, 0.5) is 4.39 Å². The molecule has 6 nitrogen and oxygen atoms in total. The number of aromatic nitrogens is 1. The van der Waals surface area contributed by atoms with Crippen molar-refractivity contribution in [3.05, 3.63) is 66.1 Å². The zero-order valence-corrected chi connectivity index (χ0v) is 15.9. The highest BCUT2D eigenvalue weighted by molar-refractivity contribution is 5.91. The molecule has 3 aromatic rings. The number of carbonyl (C=O) groups excluding carboxylic acids is 2. The predicted octanol–water partition coefficient (Wildman–Crippen LogP) is 3.07. The van der Waals surface area contributed by atoms with Gasteiger partial charge in [0.05, 0.1) is 20.1 Å². The van der Waals surface area contributed by atoms with E-state index in [9.17, 15) is 14.0 Å². The summed E-state index contributed by atoms with van der Waals surface area (Å²) in [5.74, 6) is -1.08. The summed E-state index contributed by atoms with van der Waals surface area (Å²) in [7, 11) is 1.29. The standard InChI is InChI=1S/C22H21FN2O4/c1-28-22(27)19-11-15(29-20-9-5-3-7-17(20)23)13-25(19)21(26)10-14-12-24-18-8-4-2-6-16(14)18/h2-9,12,15,19,24H,10-11,13H2,1H3. The van der Waals surface area contributed by atoms with Crippen LogP contribution >= 0.6 is 0 Å². The predicted molar refractivity (Wildman–Crippen MR) is 105 cm³/mol. The molecule has 1 saturated heterocycles. The molecule has 0 saturated carbocycles. The van der Waals surface area contributed by atoms with Crippen molar-refractivity contribution < 1.29 is 23.5 Å². The Morgan fingerprint density at radius 1 is 1.17 bits per heavy atom. The summed E-state index contributed by atoms with van der Waals surface area (Å²) in [5, 5.41) is 0.967. The number of carbonyl (C=O) groups is 2. The van der Waals surface area contributed by atoms with E-state index in [-0.39, 0.29) is 31.0 Å². The highest BCUT2D eigenvalue weighted by atomic mass is 19.1. The van der Waals surface area contributed by atoms with E-state index in [0.717, 1.165) is 16.5 Å². The van der Waals surface area contributed by atoms with Gasteiger partial charge in [0.2, 0.25) is 5.91 Å². The molecular formula is C22H21FN2O4. The van der Waals surface area contributed by atoms with Gasteiger partial charge in [-0.05, 0) is 23.8 Å². The third kappa shape index (κ3) is 3.81. The van der Waals surface area contributed by atoms with Gasteiger partial charge >= 0.3 is 5.97 Å². The van der Waals surface area contributed by atoms with Gasteiger partial charge in [-0.25, -0.2) is 9.18 Å². The van der Waals surface area contributed by atoms with Crippen molar-refractivity contribution in [3.63, 3.8) is 0 Å². The number of benzene rings is 2. The van der Waals surface area contributed by atoms with Crippen LogP contribution in [0.15, 0.2) is 54.7 Å². The fourth-order valence-corrected chi connectivity index (χ4v) is 3.78. The average Bonchev–Trinajstić information content (AvgIpc) is 3.34. The van der Waals surface area contributed by atoms with Crippen LogP contribution in [-0.2, 0) is 20.7 Å². The van der Waals surface area contributed by atoms with E-state index >= 15 is 0 Å². The van der Waals surface area contributed by atoms with E-state index in [1.54, 1.807) is 18.3 Å². The zero-order chi connectivity index (χ0) is 20.4. The molecule has 2 aromatic carbocycles. The number of ether oxygens (including phenoxy) is 2. The number of hydrogen-bond donors (Lipinski definition) is 1. The summed E-state index contributed by atoms with van der Waals surface area (Å²) >= 11 is 0. The average molecular weight is 396 g/mol.